The van der Waals surface area contributed by atoms with Gasteiger partial charge in [-0.25, -0.2) is 4.79 Å². The molecule has 28 heavy (non-hydrogen) atoms. The van der Waals surface area contributed by atoms with E-state index in [-0.39, 0.29) is 5.97 Å². The van der Waals surface area contributed by atoms with Gasteiger partial charge in [0.1, 0.15) is 0 Å². The van der Waals surface area contributed by atoms with Gasteiger partial charge in [0, 0.05) is 26.4 Å². The van der Waals surface area contributed by atoms with Gasteiger partial charge in [-0.15, -0.1) is 0 Å². The summed E-state index contributed by atoms with van der Waals surface area (Å²) >= 11 is 1.34. The summed E-state index contributed by atoms with van der Waals surface area (Å²) in [6.07, 6.45) is 0. The minimum absolute atomic E-state index is 0.294. The van der Waals surface area contributed by atoms with Crippen LogP contribution in [0.5, 0.6) is 0 Å². The van der Waals surface area contributed by atoms with Crippen LogP contribution in [-0.2, 0) is 23.1 Å². The molecular weight excluding hydrogens is 380 g/mol. The summed E-state index contributed by atoms with van der Waals surface area (Å²) < 4.78 is 14.6. The second-order valence-corrected chi connectivity index (χ2v) is 7.15. The highest BCUT2D eigenvalue weighted by molar-refractivity contribution is 7.16. The highest BCUT2D eigenvalue weighted by Crippen LogP contribution is 2.20. The molecule has 0 aliphatic carbocycles. The Hall–Kier alpha value is -2.78. The van der Waals surface area contributed by atoms with Gasteiger partial charge < -0.3 is 14.0 Å². The number of thiazole rings is 1. The van der Waals surface area contributed by atoms with E-state index in [0.29, 0.717) is 35.8 Å². The van der Waals surface area contributed by atoms with Crippen molar-refractivity contribution in [3.05, 3.63) is 46.0 Å². The minimum atomic E-state index is -0.410. The molecular formula is C19H22N4O4S. The summed E-state index contributed by atoms with van der Waals surface area (Å²) in [5, 5.41) is 4.19. The summed E-state index contributed by atoms with van der Waals surface area (Å²) in [5.74, 6) is -0.785. The molecule has 0 bridgehead atoms. The van der Waals surface area contributed by atoms with Crippen molar-refractivity contribution in [2.45, 2.75) is 20.4 Å². The average molecular weight is 402 g/mol. The van der Waals surface area contributed by atoms with E-state index in [2.05, 4.69) is 10.1 Å². The third-order valence-electron chi connectivity index (χ3n) is 4.24. The molecule has 0 saturated heterocycles. The molecule has 0 aliphatic rings. The number of hydrogen-bond donors (Lipinski definition) is 0. The van der Waals surface area contributed by atoms with E-state index in [9.17, 15) is 9.59 Å². The number of ether oxygens (including phenoxy) is 2. The summed E-state index contributed by atoms with van der Waals surface area (Å²) in [4.78, 5) is 29.4. The van der Waals surface area contributed by atoms with E-state index in [1.807, 2.05) is 17.6 Å². The van der Waals surface area contributed by atoms with Crippen LogP contribution in [0.25, 0.3) is 10.2 Å². The zero-order chi connectivity index (χ0) is 20.3. The number of esters is 1. The highest BCUT2D eigenvalue weighted by atomic mass is 32.1. The van der Waals surface area contributed by atoms with Crippen LogP contribution >= 0.6 is 11.3 Å². The molecule has 3 aromatic rings. The number of fused-ring (bicyclic) bond motifs is 1. The van der Waals surface area contributed by atoms with Gasteiger partial charge >= 0.3 is 5.97 Å². The molecule has 2 aromatic heterocycles. The molecule has 1 amide bonds. The Kier molecular flexibility index (Phi) is 6.05. The fraction of sp³-hybridized carbons (Fsp3) is 0.368. The Labute approximate surface area is 166 Å². The molecule has 3 rings (SSSR count). The van der Waals surface area contributed by atoms with Gasteiger partial charge in [-0.05, 0) is 38.1 Å². The zero-order valence-corrected chi connectivity index (χ0v) is 17.1. The number of carbonyl (C=O) groups is 2. The van der Waals surface area contributed by atoms with Crippen molar-refractivity contribution >= 4 is 33.4 Å². The summed E-state index contributed by atoms with van der Waals surface area (Å²) in [7, 11) is 3.40. The highest BCUT2D eigenvalue weighted by Gasteiger charge is 2.14. The number of amides is 1. The van der Waals surface area contributed by atoms with Crippen LogP contribution in [-0.4, -0.2) is 46.5 Å². The molecule has 9 heteroatoms. The lowest BCUT2D eigenvalue weighted by atomic mass is 10.2. The van der Waals surface area contributed by atoms with Crippen molar-refractivity contribution in [3.8, 4) is 0 Å². The predicted molar refractivity (Wildman–Crippen MR) is 105 cm³/mol. The van der Waals surface area contributed by atoms with Gasteiger partial charge in [0.25, 0.3) is 5.91 Å². The van der Waals surface area contributed by atoms with Gasteiger partial charge in [-0.2, -0.15) is 10.1 Å². The number of nitrogens with zero attached hydrogens (tertiary/aromatic N) is 4. The first-order chi connectivity index (χ1) is 13.4. The molecule has 0 saturated carbocycles. The number of carbonyl (C=O) groups excluding carboxylic acids is 2. The van der Waals surface area contributed by atoms with Crippen LogP contribution in [0.3, 0.4) is 0 Å². The second kappa shape index (κ2) is 8.49. The van der Waals surface area contributed by atoms with Crippen molar-refractivity contribution in [2.24, 2.45) is 12.0 Å². The SMILES string of the molecule is CCOC(=O)c1ccc2c(c1)sc(=NC(=O)c1cc(C)n(C)n1)n2CCOC. The first-order valence-corrected chi connectivity index (χ1v) is 9.65. The van der Waals surface area contributed by atoms with Crippen LogP contribution in [0.1, 0.15) is 33.5 Å². The van der Waals surface area contributed by atoms with Crippen molar-refractivity contribution in [3.63, 3.8) is 0 Å². The lowest BCUT2D eigenvalue weighted by Crippen LogP contribution is -2.19. The van der Waals surface area contributed by atoms with Crippen molar-refractivity contribution < 1.29 is 19.1 Å². The van der Waals surface area contributed by atoms with Crippen molar-refractivity contribution in [2.75, 3.05) is 20.3 Å². The number of methoxy groups -OCH3 is 1. The standard InChI is InChI=1S/C19H22N4O4S/c1-5-27-18(25)13-6-7-15-16(11-13)28-19(23(15)8-9-26-4)20-17(24)14-10-12(2)22(3)21-14/h6-7,10-11H,5,8-9H2,1-4H3. The van der Waals surface area contributed by atoms with Crippen LogP contribution < -0.4 is 4.80 Å². The Balaban J connectivity index is 2.08. The maximum absolute atomic E-state index is 12.6. The third-order valence-corrected chi connectivity index (χ3v) is 5.28. The van der Waals surface area contributed by atoms with Gasteiger partial charge in [0.05, 0.1) is 29.0 Å². The predicted octanol–water partition coefficient (Wildman–Crippen LogP) is 2.31. The lowest BCUT2D eigenvalue weighted by molar-refractivity contribution is 0.0526. The lowest BCUT2D eigenvalue weighted by Gasteiger charge is -2.05. The molecule has 0 fully saturated rings. The van der Waals surface area contributed by atoms with E-state index in [1.54, 1.807) is 44.0 Å². The van der Waals surface area contributed by atoms with Crippen LogP contribution in [0, 0.1) is 6.92 Å². The van der Waals surface area contributed by atoms with E-state index in [4.69, 9.17) is 9.47 Å². The topological polar surface area (TPSA) is 87.7 Å². The summed E-state index contributed by atoms with van der Waals surface area (Å²) in [6.45, 7) is 4.95. The Morgan fingerprint density at radius 3 is 2.71 bits per heavy atom. The zero-order valence-electron chi connectivity index (χ0n) is 16.3. The third kappa shape index (κ3) is 4.05. The van der Waals surface area contributed by atoms with Crippen LogP contribution in [0.15, 0.2) is 29.3 Å². The average Bonchev–Trinajstić information content (AvgIpc) is 3.19. The van der Waals surface area contributed by atoms with E-state index in [1.165, 1.54) is 11.3 Å². The molecule has 0 atom stereocenters. The molecule has 148 valence electrons. The number of aryl methyl sites for hydroxylation is 2. The van der Waals surface area contributed by atoms with Crippen LogP contribution in [0.2, 0.25) is 0 Å². The van der Waals surface area contributed by atoms with E-state index in [0.717, 1.165) is 15.9 Å². The molecule has 0 aliphatic heterocycles. The molecule has 1 aromatic carbocycles. The molecule has 0 radical (unpaired) electrons. The molecule has 2 heterocycles. The fourth-order valence-corrected chi connectivity index (χ4v) is 3.80. The van der Waals surface area contributed by atoms with Gasteiger partial charge in [-0.3, -0.25) is 9.48 Å². The van der Waals surface area contributed by atoms with E-state index < -0.39 is 5.91 Å². The normalized spacial score (nSPS) is 11.9. The van der Waals surface area contributed by atoms with Crippen LogP contribution in [0.4, 0.5) is 0 Å². The smallest absolute Gasteiger partial charge is 0.338 e. The van der Waals surface area contributed by atoms with Crippen molar-refractivity contribution in [1.29, 1.82) is 0 Å². The molecule has 0 N–H and O–H groups in total. The number of rotatable bonds is 6. The monoisotopic (exact) mass is 402 g/mol. The quantitative estimate of drug-likeness (QED) is 0.591. The second-order valence-electron chi connectivity index (χ2n) is 6.14. The van der Waals surface area contributed by atoms with Gasteiger partial charge in [-0.1, -0.05) is 11.3 Å². The Morgan fingerprint density at radius 1 is 1.29 bits per heavy atom. The molecule has 0 unspecified atom stereocenters. The molecule has 0 spiro atoms. The van der Waals surface area contributed by atoms with Crippen molar-refractivity contribution in [1.82, 2.24) is 14.3 Å². The Morgan fingerprint density at radius 2 is 2.07 bits per heavy atom. The largest absolute Gasteiger partial charge is 0.462 e. The van der Waals surface area contributed by atoms with Gasteiger partial charge in [0.15, 0.2) is 10.5 Å². The first kappa shape index (κ1) is 20.0. The Bertz CT molecular complexity index is 1070. The number of benzene rings is 1. The first-order valence-electron chi connectivity index (χ1n) is 8.83. The molecule has 8 nitrogen and oxygen atoms in total. The summed E-state index contributed by atoms with van der Waals surface area (Å²) in [6, 6.07) is 7.01. The maximum Gasteiger partial charge on any atom is 0.338 e. The minimum Gasteiger partial charge on any atom is -0.462 e. The number of hydrogen-bond acceptors (Lipinski definition) is 6. The maximum atomic E-state index is 12.6. The van der Waals surface area contributed by atoms with Gasteiger partial charge in [0.2, 0.25) is 0 Å². The fourth-order valence-electron chi connectivity index (χ4n) is 2.71. The van der Waals surface area contributed by atoms with E-state index >= 15 is 0 Å². The summed E-state index contributed by atoms with van der Waals surface area (Å²) in [5.41, 5.74) is 2.51. The number of aromatic nitrogens is 3.